The van der Waals surface area contributed by atoms with Crippen LogP contribution in [-0.4, -0.2) is 25.3 Å². The maximum atomic E-state index is 6.03. The van der Waals surface area contributed by atoms with E-state index in [1.54, 1.807) is 0 Å². The molecule has 0 radical (unpaired) electrons. The monoisotopic (exact) mass is 295 g/mol. The van der Waals surface area contributed by atoms with Gasteiger partial charge in [-0.3, -0.25) is 0 Å². The molecule has 0 aromatic heterocycles. The highest BCUT2D eigenvalue weighted by Gasteiger charge is 2.36. The Bertz CT molecular complexity index is 388. The van der Waals surface area contributed by atoms with Crippen molar-refractivity contribution in [2.45, 2.75) is 51.7 Å². The van der Waals surface area contributed by atoms with Crippen LogP contribution in [-0.2, 0) is 11.2 Å². The van der Waals surface area contributed by atoms with Crippen molar-refractivity contribution in [2.24, 2.45) is 5.92 Å². The topological polar surface area (TPSA) is 21.3 Å². The second-order valence-corrected chi connectivity index (χ2v) is 6.09. The van der Waals surface area contributed by atoms with Crippen molar-refractivity contribution < 1.29 is 4.74 Å². The van der Waals surface area contributed by atoms with Crippen LogP contribution in [0.3, 0.4) is 0 Å². The first-order valence-electron chi connectivity index (χ1n) is 7.84. The molecule has 2 rings (SSSR count). The molecule has 0 aliphatic heterocycles. The molecule has 20 heavy (non-hydrogen) atoms. The molecule has 0 bridgehead atoms. The van der Waals surface area contributed by atoms with Crippen LogP contribution >= 0.6 is 11.6 Å². The van der Waals surface area contributed by atoms with Crippen LogP contribution in [0.25, 0.3) is 0 Å². The third kappa shape index (κ3) is 4.76. The molecule has 2 unspecified atom stereocenters. The van der Waals surface area contributed by atoms with E-state index in [2.05, 4.69) is 31.3 Å². The first-order chi connectivity index (χ1) is 9.74. The molecule has 2 nitrogen and oxygen atoms in total. The molecule has 1 aromatic rings. The van der Waals surface area contributed by atoms with Crippen molar-refractivity contribution >= 4 is 11.6 Å². The molecule has 1 fully saturated rings. The van der Waals surface area contributed by atoms with E-state index in [1.807, 2.05) is 12.1 Å². The Labute approximate surface area is 127 Å². The number of halogens is 1. The highest BCUT2D eigenvalue weighted by molar-refractivity contribution is 6.30. The fraction of sp³-hybridized carbons (Fsp3) is 0.647. The van der Waals surface area contributed by atoms with Gasteiger partial charge in [-0.15, -0.1) is 0 Å². The van der Waals surface area contributed by atoms with E-state index in [0.29, 0.717) is 12.1 Å². The van der Waals surface area contributed by atoms with Crippen LogP contribution in [0, 0.1) is 5.92 Å². The summed E-state index contributed by atoms with van der Waals surface area (Å²) in [5.41, 5.74) is 1.33. The average Bonchev–Trinajstić information content (AvgIpc) is 3.28. The molecule has 3 heteroatoms. The van der Waals surface area contributed by atoms with Gasteiger partial charge in [-0.25, -0.2) is 0 Å². The fourth-order valence-corrected chi connectivity index (χ4v) is 2.83. The van der Waals surface area contributed by atoms with Gasteiger partial charge >= 0.3 is 0 Å². The highest BCUT2D eigenvalue weighted by atomic mass is 35.5. The Balaban J connectivity index is 2.02. The van der Waals surface area contributed by atoms with Gasteiger partial charge in [-0.05, 0) is 62.8 Å². The van der Waals surface area contributed by atoms with Gasteiger partial charge in [0, 0.05) is 17.7 Å². The van der Waals surface area contributed by atoms with Crippen molar-refractivity contribution in [3.63, 3.8) is 0 Å². The normalized spacial score (nSPS) is 17.9. The SMILES string of the molecule is CCCNC(Cc1ccc(Cl)cc1)C(OCC)C1CC1. The van der Waals surface area contributed by atoms with Gasteiger partial charge in [0.1, 0.15) is 0 Å². The summed E-state index contributed by atoms with van der Waals surface area (Å²) in [6, 6.07) is 8.60. The lowest BCUT2D eigenvalue weighted by atomic mass is 9.98. The lowest BCUT2D eigenvalue weighted by molar-refractivity contribution is 0.0192. The Kier molecular flexibility index (Phi) is 6.34. The van der Waals surface area contributed by atoms with E-state index in [-0.39, 0.29) is 0 Å². The average molecular weight is 296 g/mol. The zero-order valence-corrected chi connectivity index (χ0v) is 13.3. The molecule has 1 saturated carbocycles. The van der Waals surface area contributed by atoms with E-state index >= 15 is 0 Å². The van der Waals surface area contributed by atoms with Gasteiger partial charge in [-0.2, -0.15) is 0 Å². The molecule has 0 spiro atoms. The molecule has 1 aromatic carbocycles. The maximum Gasteiger partial charge on any atom is 0.0759 e. The van der Waals surface area contributed by atoms with Gasteiger partial charge in [0.25, 0.3) is 0 Å². The highest BCUT2D eigenvalue weighted by Crippen LogP contribution is 2.36. The standard InChI is InChI=1S/C17H26ClNO/c1-3-11-19-16(17(20-4-2)14-7-8-14)12-13-5-9-15(18)10-6-13/h5-6,9-10,14,16-17,19H,3-4,7-8,11-12H2,1-2H3. The van der Waals surface area contributed by atoms with Crippen molar-refractivity contribution in [3.8, 4) is 0 Å². The second-order valence-electron chi connectivity index (χ2n) is 5.65. The maximum absolute atomic E-state index is 6.03. The summed E-state index contributed by atoms with van der Waals surface area (Å²) in [6.45, 7) is 6.15. The van der Waals surface area contributed by atoms with Crippen LogP contribution < -0.4 is 5.32 Å². The first-order valence-corrected chi connectivity index (χ1v) is 8.21. The number of ether oxygens (including phenoxy) is 1. The molecule has 0 amide bonds. The molecule has 0 heterocycles. The number of nitrogens with one attached hydrogen (secondary N) is 1. The summed E-state index contributed by atoms with van der Waals surface area (Å²) in [5.74, 6) is 0.747. The zero-order valence-electron chi connectivity index (χ0n) is 12.6. The van der Waals surface area contributed by atoms with E-state index in [9.17, 15) is 0 Å². The van der Waals surface area contributed by atoms with Gasteiger partial charge < -0.3 is 10.1 Å². The summed E-state index contributed by atoms with van der Waals surface area (Å²) >= 11 is 5.96. The van der Waals surface area contributed by atoms with E-state index < -0.39 is 0 Å². The number of benzene rings is 1. The van der Waals surface area contributed by atoms with Crippen LogP contribution in [0.2, 0.25) is 5.02 Å². The van der Waals surface area contributed by atoms with Crippen molar-refractivity contribution in [3.05, 3.63) is 34.9 Å². The summed E-state index contributed by atoms with van der Waals surface area (Å²) in [7, 11) is 0. The van der Waals surface area contributed by atoms with E-state index in [0.717, 1.165) is 36.9 Å². The third-order valence-corrected chi connectivity index (χ3v) is 4.12. The summed E-state index contributed by atoms with van der Waals surface area (Å²) in [5, 5.41) is 4.48. The Morgan fingerprint density at radius 2 is 1.95 bits per heavy atom. The number of rotatable bonds is 9. The van der Waals surface area contributed by atoms with Gasteiger partial charge in [-0.1, -0.05) is 30.7 Å². The quantitative estimate of drug-likeness (QED) is 0.741. The predicted molar refractivity (Wildman–Crippen MR) is 85.4 cm³/mol. The summed E-state index contributed by atoms with van der Waals surface area (Å²) in [6.07, 6.45) is 5.15. The van der Waals surface area contributed by atoms with Gasteiger partial charge in [0.05, 0.1) is 6.10 Å². The predicted octanol–water partition coefficient (Wildman–Crippen LogP) is 4.07. The first kappa shape index (κ1) is 15.8. The molecule has 112 valence electrons. The molecule has 1 aliphatic rings. The Morgan fingerprint density at radius 1 is 1.25 bits per heavy atom. The van der Waals surface area contributed by atoms with Crippen LogP contribution in [0.5, 0.6) is 0 Å². The summed E-state index contributed by atoms with van der Waals surface area (Å²) < 4.78 is 6.03. The zero-order chi connectivity index (χ0) is 14.4. The van der Waals surface area contributed by atoms with Crippen molar-refractivity contribution in [2.75, 3.05) is 13.2 Å². The molecule has 1 aliphatic carbocycles. The Morgan fingerprint density at radius 3 is 2.50 bits per heavy atom. The molecular formula is C17H26ClNO. The van der Waals surface area contributed by atoms with Crippen LogP contribution in [0.15, 0.2) is 24.3 Å². The molecular weight excluding hydrogens is 270 g/mol. The fourth-order valence-electron chi connectivity index (χ4n) is 2.71. The number of hydrogen-bond donors (Lipinski definition) is 1. The van der Waals surface area contributed by atoms with Crippen molar-refractivity contribution in [1.82, 2.24) is 5.32 Å². The molecule has 0 saturated heterocycles. The lowest BCUT2D eigenvalue weighted by Gasteiger charge is -2.28. The lowest BCUT2D eigenvalue weighted by Crippen LogP contribution is -2.44. The van der Waals surface area contributed by atoms with E-state index in [1.165, 1.54) is 18.4 Å². The minimum atomic E-state index is 0.349. The van der Waals surface area contributed by atoms with Crippen LogP contribution in [0.1, 0.15) is 38.7 Å². The Hall–Kier alpha value is -0.570. The third-order valence-electron chi connectivity index (χ3n) is 3.87. The largest absolute Gasteiger partial charge is 0.377 e. The second kappa shape index (κ2) is 8.02. The van der Waals surface area contributed by atoms with E-state index in [4.69, 9.17) is 16.3 Å². The smallest absolute Gasteiger partial charge is 0.0759 e. The van der Waals surface area contributed by atoms with Crippen LogP contribution in [0.4, 0.5) is 0 Å². The van der Waals surface area contributed by atoms with Crippen molar-refractivity contribution in [1.29, 1.82) is 0 Å². The minimum Gasteiger partial charge on any atom is -0.377 e. The van der Waals surface area contributed by atoms with Gasteiger partial charge in [0.2, 0.25) is 0 Å². The molecule has 2 atom stereocenters. The van der Waals surface area contributed by atoms with Gasteiger partial charge in [0.15, 0.2) is 0 Å². The molecule has 1 N–H and O–H groups in total. The minimum absolute atomic E-state index is 0.349. The summed E-state index contributed by atoms with van der Waals surface area (Å²) in [4.78, 5) is 0. The number of hydrogen-bond acceptors (Lipinski definition) is 2.